The van der Waals surface area contributed by atoms with E-state index in [1.807, 2.05) is 18.2 Å². The van der Waals surface area contributed by atoms with Crippen molar-refractivity contribution in [1.82, 2.24) is 9.88 Å². The molecule has 25 heavy (non-hydrogen) atoms. The predicted molar refractivity (Wildman–Crippen MR) is 92.0 cm³/mol. The fraction of sp³-hybridized carbons (Fsp3) is 0.421. The minimum absolute atomic E-state index is 0.229. The number of amides is 1. The Morgan fingerprint density at radius 1 is 1.24 bits per heavy atom. The number of aliphatic carboxylic acids is 1. The van der Waals surface area contributed by atoms with Gasteiger partial charge in [0.1, 0.15) is 11.8 Å². The lowest BCUT2D eigenvalue weighted by Crippen LogP contribution is -2.40. The van der Waals surface area contributed by atoms with Gasteiger partial charge in [-0.1, -0.05) is 0 Å². The first-order chi connectivity index (χ1) is 12.1. The van der Waals surface area contributed by atoms with Gasteiger partial charge >= 0.3 is 5.97 Å². The fourth-order valence-electron chi connectivity index (χ4n) is 3.54. The number of methoxy groups -OCH3 is 1. The average molecular weight is 340 g/mol. The van der Waals surface area contributed by atoms with Crippen LogP contribution in [-0.4, -0.2) is 46.6 Å². The van der Waals surface area contributed by atoms with Gasteiger partial charge in [-0.25, -0.2) is 4.79 Å². The van der Waals surface area contributed by atoms with Gasteiger partial charge < -0.3 is 14.7 Å². The summed E-state index contributed by atoms with van der Waals surface area (Å²) in [6, 6.07) is 6.59. The van der Waals surface area contributed by atoms with E-state index < -0.39 is 12.0 Å². The maximum Gasteiger partial charge on any atom is 0.326 e. The van der Waals surface area contributed by atoms with Crippen LogP contribution >= 0.6 is 0 Å². The van der Waals surface area contributed by atoms with Gasteiger partial charge in [0.05, 0.1) is 18.2 Å². The number of carboxylic acid groups (broad SMARTS) is 1. The zero-order valence-corrected chi connectivity index (χ0v) is 14.1. The molecule has 1 atom stereocenters. The first kappa shape index (κ1) is 15.9. The molecular weight excluding hydrogens is 320 g/mol. The van der Waals surface area contributed by atoms with Crippen molar-refractivity contribution in [3.63, 3.8) is 0 Å². The second kappa shape index (κ2) is 6.02. The van der Waals surface area contributed by atoms with Crippen molar-refractivity contribution in [3.8, 4) is 5.75 Å². The monoisotopic (exact) mass is 340 g/mol. The van der Waals surface area contributed by atoms with Gasteiger partial charge in [-0.2, -0.15) is 0 Å². The first-order valence-electron chi connectivity index (χ1n) is 8.61. The van der Waals surface area contributed by atoms with Gasteiger partial charge in [0.2, 0.25) is 0 Å². The number of ether oxygens (including phenoxy) is 1. The topological polar surface area (TPSA) is 79.7 Å². The minimum atomic E-state index is -0.941. The van der Waals surface area contributed by atoms with E-state index in [-0.39, 0.29) is 5.91 Å². The molecule has 1 saturated carbocycles. The van der Waals surface area contributed by atoms with Crippen LogP contribution in [0.15, 0.2) is 24.3 Å². The standard InChI is InChI=1S/C19H20N2O4/c1-25-12-6-7-15-13(9-12)14(10-16(20-15)11-4-5-11)18(22)21-8-2-3-17(21)19(23)24/h6-7,9-11,17H,2-5,8H2,1H3,(H,23,24)/t17-/m0/s1. The van der Waals surface area contributed by atoms with E-state index in [1.165, 1.54) is 4.90 Å². The average Bonchev–Trinajstić information content (AvgIpc) is 3.35. The van der Waals surface area contributed by atoms with Gasteiger partial charge in [0, 0.05) is 23.5 Å². The zero-order chi connectivity index (χ0) is 17.6. The number of nitrogens with zero attached hydrogens (tertiary/aromatic N) is 2. The lowest BCUT2D eigenvalue weighted by molar-refractivity contribution is -0.141. The van der Waals surface area contributed by atoms with Gasteiger partial charge in [0.15, 0.2) is 0 Å². The van der Waals surface area contributed by atoms with E-state index in [0.717, 1.165) is 24.1 Å². The Kier molecular flexibility index (Phi) is 3.82. The van der Waals surface area contributed by atoms with Crippen molar-refractivity contribution in [1.29, 1.82) is 0 Å². The van der Waals surface area contributed by atoms with E-state index >= 15 is 0 Å². The summed E-state index contributed by atoms with van der Waals surface area (Å²) in [5, 5.41) is 10.1. The number of carboxylic acids is 1. The van der Waals surface area contributed by atoms with Crippen molar-refractivity contribution in [2.45, 2.75) is 37.6 Å². The number of aromatic nitrogens is 1. The second-order valence-electron chi connectivity index (χ2n) is 6.75. The molecule has 6 heteroatoms. The Bertz CT molecular complexity index is 860. The molecule has 1 aromatic heterocycles. The highest BCUT2D eigenvalue weighted by atomic mass is 16.5. The minimum Gasteiger partial charge on any atom is -0.497 e. The third-order valence-corrected chi connectivity index (χ3v) is 5.06. The lowest BCUT2D eigenvalue weighted by atomic mass is 10.0. The third-order valence-electron chi connectivity index (χ3n) is 5.06. The highest BCUT2D eigenvalue weighted by molar-refractivity contribution is 6.07. The molecule has 130 valence electrons. The van der Waals surface area contributed by atoms with Crippen molar-refractivity contribution in [2.75, 3.05) is 13.7 Å². The van der Waals surface area contributed by atoms with E-state index in [1.54, 1.807) is 13.2 Å². The van der Waals surface area contributed by atoms with Crippen LogP contribution < -0.4 is 4.74 Å². The molecule has 1 amide bonds. The first-order valence-corrected chi connectivity index (χ1v) is 8.61. The number of carbonyl (C=O) groups is 2. The van der Waals surface area contributed by atoms with E-state index in [0.29, 0.717) is 42.0 Å². The van der Waals surface area contributed by atoms with Gasteiger partial charge in [-0.3, -0.25) is 9.78 Å². The molecule has 1 aliphatic heterocycles. The summed E-state index contributed by atoms with van der Waals surface area (Å²) in [4.78, 5) is 30.8. The van der Waals surface area contributed by atoms with Crippen LogP contribution in [0.25, 0.3) is 10.9 Å². The molecule has 1 aromatic carbocycles. The molecule has 6 nitrogen and oxygen atoms in total. The summed E-state index contributed by atoms with van der Waals surface area (Å²) >= 11 is 0. The summed E-state index contributed by atoms with van der Waals surface area (Å²) in [6.45, 7) is 0.475. The molecule has 2 aromatic rings. The molecule has 2 aliphatic rings. The summed E-state index contributed by atoms with van der Waals surface area (Å²) in [6.07, 6.45) is 3.39. The van der Waals surface area contributed by atoms with E-state index in [2.05, 4.69) is 0 Å². The van der Waals surface area contributed by atoms with Crippen molar-refractivity contribution in [3.05, 3.63) is 35.5 Å². The van der Waals surface area contributed by atoms with Crippen molar-refractivity contribution < 1.29 is 19.4 Å². The van der Waals surface area contributed by atoms with Crippen molar-refractivity contribution >= 4 is 22.8 Å². The summed E-state index contributed by atoms with van der Waals surface area (Å²) in [5.41, 5.74) is 2.20. The second-order valence-corrected chi connectivity index (χ2v) is 6.75. The van der Waals surface area contributed by atoms with Crippen LogP contribution in [0.2, 0.25) is 0 Å². The number of likely N-dealkylation sites (tertiary alicyclic amines) is 1. The molecule has 1 saturated heterocycles. The molecule has 0 unspecified atom stereocenters. The molecule has 1 N–H and O–H groups in total. The summed E-state index contributed by atoms with van der Waals surface area (Å²) in [7, 11) is 1.58. The molecule has 0 bridgehead atoms. The van der Waals surface area contributed by atoms with Crippen LogP contribution in [-0.2, 0) is 4.79 Å². The third kappa shape index (κ3) is 2.81. The van der Waals surface area contributed by atoms with Gasteiger partial charge in [-0.15, -0.1) is 0 Å². The number of fused-ring (bicyclic) bond motifs is 1. The SMILES string of the molecule is COc1ccc2nc(C3CC3)cc(C(=O)N3CCC[C@H]3C(=O)O)c2c1. The molecule has 1 aliphatic carbocycles. The maximum atomic E-state index is 13.2. The quantitative estimate of drug-likeness (QED) is 0.926. The van der Waals surface area contributed by atoms with E-state index in [9.17, 15) is 14.7 Å². The molecule has 4 rings (SSSR count). The van der Waals surface area contributed by atoms with Gasteiger partial charge in [-0.05, 0) is 49.9 Å². The highest BCUT2D eigenvalue weighted by Crippen LogP contribution is 2.40. The van der Waals surface area contributed by atoms with Crippen molar-refractivity contribution in [2.24, 2.45) is 0 Å². The molecule has 0 spiro atoms. The Labute approximate surface area is 145 Å². The Morgan fingerprint density at radius 3 is 2.72 bits per heavy atom. The smallest absolute Gasteiger partial charge is 0.326 e. The van der Waals surface area contributed by atoms with Crippen LogP contribution in [0.4, 0.5) is 0 Å². The van der Waals surface area contributed by atoms with Crippen LogP contribution in [0, 0.1) is 0 Å². The molecular formula is C19H20N2O4. The van der Waals surface area contributed by atoms with E-state index in [4.69, 9.17) is 9.72 Å². The zero-order valence-electron chi connectivity index (χ0n) is 14.1. The van der Waals surface area contributed by atoms with Crippen LogP contribution in [0.5, 0.6) is 5.75 Å². The molecule has 2 heterocycles. The number of hydrogen-bond donors (Lipinski definition) is 1. The fourth-order valence-corrected chi connectivity index (χ4v) is 3.54. The molecule has 2 fully saturated rings. The van der Waals surface area contributed by atoms with Gasteiger partial charge in [0.25, 0.3) is 5.91 Å². The Balaban J connectivity index is 1.83. The number of benzene rings is 1. The number of carbonyl (C=O) groups excluding carboxylic acids is 1. The Morgan fingerprint density at radius 2 is 2.04 bits per heavy atom. The van der Waals surface area contributed by atoms with Crippen LogP contribution in [0.1, 0.15) is 47.7 Å². The number of pyridine rings is 1. The largest absolute Gasteiger partial charge is 0.497 e. The summed E-state index contributed by atoms with van der Waals surface area (Å²) in [5.74, 6) is -0.109. The lowest BCUT2D eigenvalue weighted by Gasteiger charge is -2.22. The maximum absolute atomic E-state index is 13.2. The highest BCUT2D eigenvalue weighted by Gasteiger charge is 2.36. The normalized spacial score (nSPS) is 20.0. The number of hydrogen-bond acceptors (Lipinski definition) is 4. The summed E-state index contributed by atoms with van der Waals surface area (Å²) < 4.78 is 5.29. The Hall–Kier alpha value is -2.63. The number of rotatable bonds is 4. The van der Waals surface area contributed by atoms with Crippen LogP contribution in [0.3, 0.4) is 0 Å². The molecule has 0 radical (unpaired) electrons. The predicted octanol–water partition coefficient (Wildman–Crippen LogP) is 2.81.